The molecule has 1 aromatic rings. The summed E-state index contributed by atoms with van der Waals surface area (Å²) in [6.45, 7) is 8.85. The zero-order valence-electron chi connectivity index (χ0n) is 15.2. The molecule has 24 heavy (non-hydrogen) atoms. The van der Waals surface area contributed by atoms with Crippen LogP contribution in [0.3, 0.4) is 0 Å². The predicted molar refractivity (Wildman–Crippen MR) is 95.7 cm³/mol. The summed E-state index contributed by atoms with van der Waals surface area (Å²) in [5.41, 5.74) is 0.489. The molecule has 0 aromatic carbocycles. The number of nitrogens with zero attached hydrogens (tertiary/aromatic N) is 3. The number of aliphatic hydroxyl groups is 1. The third-order valence-corrected chi connectivity index (χ3v) is 3.10. The second-order valence-corrected chi connectivity index (χ2v) is 6.65. The van der Waals surface area contributed by atoms with Crippen molar-refractivity contribution < 1.29 is 9.90 Å². The molecule has 1 atom stereocenters. The highest BCUT2D eigenvalue weighted by Crippen LogP contribution is 2.11. The minimum Gasteiger partial charge on any atom is -0.386 e. The topological polar surface area (TPSA) is 89.9 Å². The van der Waals surface area contributed by atoms with Gasteiger partial charge < -0.3 is 20.6 Å². The number of hydrogen-bond donors (Lipinski definition) is 3. The molecule has 1 aromatic heterocycles. The van der Waals surface area contributed by atoms with Crippen molar-refractivity contribution in [2.75, 3.05) is 26.7 Å². The number of aromatic nitrogens is 1. The van der Waals surface area contributed by atoms with Crippen LogP contribution in [0.15, 0.2) is 29.5 Å². The number of hydrogen-bond acceptors (Lipinski definition) is 4. The standard InChI is InChI=1S/C17H29N5O2/c1-6-19-16(22(5)12-15(24)21-17(2,3)4)20-11-14(23)13-7-9-18-10-8-13/h7-10,14,23H,6,11-12H2,1-5H3,(H,19,20)(H,21,24). The number of likely N-dealkylation sites (N-methyl/N-ethyl adjacent to an activating group) is 1. The van der Waals surface area contributed by atoms with Crippen molar-refractivity contribution in [3.05, 3.63) is 30.1 Å². The average molecular weight is 335 g/mol. The van der Waals surface area contributed by atoms with E-state index >= 15 is 0 Å². The smallest absolute Gasteiger partial charge is 0.240 e. The number of nitrogens with one attached hydrogen (secondary N) is 2. The third-order valence-electron chi connectivity index (χ3n) is 3.10. The van der Waals surface area contributed by atoms with Gasteiger partial charge in [0, 0.05) is 31.5 Å². The number of aliphatic imine (C=N–C) groups is 1. The molecule has 0 saturated carbocycles. The van der Waals surface area contributed by atoms with Gasteiger partial charge in [-0.1, -0.05) is 0 Å². The lowest BCUT2D eigenvalue weighted by molar-refractivity contribution is -0.122. The summed E-state index contributed by atoms with van der Waals surface area (Å²) in [4.78, 5) is 22.1. The summed E-state index contributed by atoms with van der Waals surface area (Å²) < 4.78 is 0. The monoisotopic (exact) mass is 335 g/mol. The summed E-state index contributed by atoms with van der Waals surface area (Å²) in [5.74, 6) is 0.500. The van der Waals surface area contributed by atoms with Crippen LogP contribution in [0.5, 0.6) is 0 Å². The molecular weight excluding hydrogens is 306 g/mol. The maximum absolute atomic E-state index is 12.0. The maximum Gasteiger partial charge on any atom is 0.240 e. The molecule has 1 unspecified atom stereocenters. The van der Waals surface area contributed by atoms with Crippen LogP contribution < -0.4 is 10.6 Å². The molecule has 0 aliphatic rings. The quantitative estimate of drug-likeness (QED) is 0.531. The molecule has 0 aliphatic carbocycles. The zero-order valence-corrected chi connectivity index (χ0v) is 15.2. The van der Waals surface area contributed by atoms with E-state index in [0.29, 0.717) is 12.5 Å². The van der Waals surface area contributed by atoms with E-state index in [2.05, 4.69) is 20.6 Å². The van der Waals surface area contributed by atoms with E-state index in [-0.39, 0.29) is 24.5 Å². The van der Waals surface area contributed by atoms with Gasteiger partial charge in [-0.15, -0.1) is 0 Å². The number of pyridine rings is 1. The molecular formula is C17H29N5O2. The first-order chi connectivity index (χ1) is 11.2. The molecule has 7 heteroatoms. The molecule has 1 heterocycles. The molecule has 0 saturated heterocycles. The minimum atomic E-state index is -0.710. The van der Waals surface area contributed by atoms with Gasteiger partial charge in [0.2, 0.25) is 5.91 Å². The van der Waals surface area contributed by atoms with Crippen molar-refractivity contribution in [3.8, 4) is 0 Å². The van der Waals surface area contributed by atoms with Crippen molar-refractivity contribution in [3.63, 3.8) is 0 Å². The van der Waals surface area contributed by atoms with Crippen LogP contribution in [0.2, 0.25) is 0 Å². The number of aliphatic hydroxyl groups excluding tert-OH is 1. The number of carbonyl (C=O) groups is 1. The SMILES string of the molecule is CCNC(=NCC(O)c1ccncc1)N(C)CC(=O)NC(C)(C)C. The van der Waals surface area contributed by atoms with Crippen molar-refractivity contribution >= 4 is 11.9 Å². The second kappa shape index (κ2) is 9.22. The van der Waals surface area contributed by atoms with E-state index in [1.807, 2.05) is 27.7 Å². The van der Waals surface area contributed by atoms with E-state index in [0.717, 1.165) is 5.56 Å². The van der Waals surface area contributed by atoms with E-state index in [1.54, 1.807) is 36.5 Å². The summed E-state index contributed by atoms with van der Waals surface area (Å²) >= 11 is 0. The highest BCUT2D eigenvalue weighted by molar-refractivity contribution is 5.86. The second-order valence-electron chi connectivity index (χ2n) is 6.65. The van der Waals surface area contributed by atoms with E-state index in [9.17, 15) is 9.90 Å². The summed E-state index contributed by atoms with van der Waals surface area (Å²) in [5, 5.41) is 16.2. The Morgan fingerprint density at radius 3 is 2.54 bits per heavy atom. The Bertz CT molecular complexity index is 540. The van der Waals surface area contributed by atoms with Crippen LogP contribution in [0.1, 0.15) is 39.4 Å². The fourth-order valence-corrected chi connectivity index (χ4v) is 2.08. The first kappa shape index (κ1) is 19.9. The molecule has 0 spiro atoms. The van der Waals surface area contributed by atoms with Gasteiger partial charge in [0.25, 0.3) is 0 Å². The average Bonchev–Trinajstić information content (AvgIpc) is 2.49. The fraction of sp³-hybridized carbons (Fsp3) is 0.588. The Morgan fingerprint density at radius 2 is 2.00 bits per heavy atom. The normalized spacial score (nSPS) is 13.3. The molecule has 7 nitrogen and oxygen atoms in total. The zero-order chi connectivity index (χ0) is 18.2. The van der Waals surface area contributed by atoms with E-state index < -0.39 is 6.10 Å². The Hall–Kier alpha value is -2.15. The van der Waals surface area contributed by atoms with Crippen LogP contribution in [-0.2, 0) is 4.79 Å². The van der Waals surface area contributed by atoms with Gasteiger partial charge in [0.15, 0.2) is 5.96 Å². The predicted octanol–water partition coefficient (Wildman–Crippen LogP) is 0.927. The van der Waals surface area contributed by atoms with Gasteiger partial charge in [0.05, 0.1) is 19.2 Å². The summed E-state index contributed by atoms with van der Waals surface area (Å²) in [6.07, 6.45) is 2.56. The molecule has 134 valence electrons. The van der Waals surface area contributed by atoms with E-state index in [4.69, 9.17) is 0 Å². The lowest BCUT2D eigenvalue weighted by Gasteiger charge is -2.25. The number of guanidine groups is 1. The molecule has 0 bridgehead atoms. The van der Waals surface area contributed by atoms with Crippen LogP contribution in [-0.4, -0.2) is 59.1 Å². The Morgan fingerprint density at radius 1 is 1.38 bits per heavy atom. The first-order valence-corrected chi connectivity index (χ1v) is 8.11. The molecule has 0 fully saturated rings. The van der Waals surface area contributed by atoms with Gasteiger partial charge in [-0.05, 0) is 45.4 Å². The largest absolute Gasteiger partial charge is 0.386 e. The van der Waals surface area contributed by atoms with Crippen LogP contribution in [0, 0.1) is 0 Å². The minimum absolute atomic E-state index is 0.0784. The number of amides is 1. The Kier molecular flexibility index (Phi) is 7.64. The van der Waals surface area contributed by atoms with Crippen LogP contribution in [0.4, 0.5) is 0 Å². The van der Waals surface area contributed by atoms with Crippen LogP contribution in [0.25, 0.3) is 0 Å². The maximum atomic E-state index is 12.0. The number of carbonyl (C=O) groups excluding carboxylic acids is 1. The number of rotatable bonds is 6. The van der Waals surface area contributed by atoms with Gasteiger partial charge >= 0.3 is 0 Å². The molecule has 3 N–H and O–H groups in total. The fourth-order valence-electron chi connectivity index (χ4n) is 2.08. The molecule has 0 radical (unpaired) electrons. The first-order valence-electron chi connectivity index (χ1n) is 8.11. The molecule has 0 aliphatic heterocycles. The molecule has 1 rings (SSSR count). The van der Waals surface area contributed by atoms with E-state index in [1.165, 1.54) is 0 Å². The van der Waals surface area contributed by atoms with Gasteiger partial charge in [-0.2, -0.15) is 0 Å². The Balaban J connectivity index is 2.69. The lowest BCUT2D eigenvalue weighted by Crippen LogP contribution is -2.48. The lowest BCUT2D eigenvalue weighted by atomic mass is 10.1. The van der Waals surface area contributed by atoms with Crippen LogP contribution >= 0.6 is 0 Å². The van der Waals surface area contributed by atoms with Crippen molar-refractivity contribution in [2.24, 2.45) is 4.99 Å². The summed E-state index contributed by atoms with van der Waals surface area (Å²) in [6, 6.07) is 3.52. The Labute approximate surface area is 144 Å². The van der Waals surface area contributed by atoms with Crippen molar-refractivity contribution in [2.45, 2.75) is 39.3 Å². The van der Waals surface area contributed by atoms with Crippen molar-refractivity contribution in [1.29, 1.82) is 0 Å². The third kappa shape index (κ3) is 7.41. The summed E-state index contributed by atoms with van der Waals surface area (Å²) in [7, 11) is 1.79. The molecule has 1 amide bonds. The highest BCUT2D eigenvalue weighted by atomic mass is 16.3. The van der Waals surface area contributed by atoms with Gasteiger partial charge in [0.1, 0.15) is 0 Å². The van der Waals surface area contributed by atoms with Gasteiger partial charge in [-0.25, -0.2) is 0 Å². The highest BCUT2D eigenvalue weighted by Gasteiger charge is 2.17. The van der Waals surface area contributed by atoms with Gasteiger partial charge in [-0.3, -0.25) is 14.8 Å². The van der Waals surface area contributed by atoms with Crippen molar-refractivity contribution in [1.82, 2.24) is 20.5 Å².